The van der Waals surface area contributed by atoms with Gasteiger partial charge in [0.2, 0.25) is 0 Å². The summed E-state index contributed by atoms with van der Waals surface area (Å²) in [4.78, 5) is 11.8. The molecule has 0 heterocycles. The highest BCUT2D eigenvalue weighted by Crippen LogP contribution is 2.16. The van der Waals surface area contributed by atoms with Crippen LogP contribution in [0.2, 0.25) is 0 Å². The van der Waals surface area contributed by atoms with E-state index in [1.807, 2.05) is 45.0 Å². The summed E-state index contributed by atoms with van der Waals surface area (Å²) in [6, 6.07) is 14.8. The number of amides is 1. The van der Waals surface area contributed by atoms with Crippen LogP contribution in [0.4, 0.5) is 0 Å². The normalized spacial score (nSPS) is 10.8. The van der Waals surface area contributed by atoms with E-state index in [4.69, 9.17) is 10.00 Å². The quantitative estimate of drug-likeness (QED) is 0.679. The van der Waals surface area contributed by atoms with Gasteiger partial charge in [0, 0.05) is 0 Å². The highest BCUT2D eigenvalue weighted by Gasteiger charge is 2.06. The van der Waals surface area contributed by atoms with Gasteiger partial charge in [-0.25, -0.2) is 5.43 Å². The SMILES string of the molecule is C/C(=N/NC(=O)COc1ccccc1C#N)c1ccc(C)c(C)c1. The summed E-state index contributed by atoms with van der Waals surface area (Å²) in [5, 5.41) is 13.1. The minimum absolute atomic E-state index is 0.206. The van der Waals surface area contributed by atoms with E-state index in [0.29, 0.717) is 17.0 Å². The maximum absolute atomic E-state index is 11.8. The molecule has 0 aliphatic carbocycles. The first kappa shape index (κ1) is 17.2. The average Bonchev–Trinajstić information content (AvgIpc) is 2.60. The largest absolute Gasteiger partial charge is 0.482 e. The molecular formula is C19H19N3O2. The lowest BCUT2D eigenvalue weighted by Gasteiger charge is -2.08. The van der Waals surface area contributed by atoms with Gasteiger partial charge in [0.15, 0.2) is 6.61 Å². The molecule has 24 heavy (non-hydrogen) atoms. The zero-order valence-electron chi connectivity index (χ0n) is 14.0. The van der Waals surface area contributed by atoms with Crippen LogP contribution in [0.3, 0.4) is 0 Å². The fourth-order valence-electron chi connectivity index (χ4n) is 2.04. The lowest BCUT2D eigenvalue weighted by atomic mass is 10.0. The van der Waals surface area contributed by atoms with Crippen molar-refractivity contribution in [1.82, 2.24) is 5.43 Å². The van der Waals surface area contributed by atoms with Crippen molar-refractivity contribution < 1.29 is 9.53 Å². The van der Waals surface area contributed by atoms with Gasteiger partial charge in [0.25, 0.3) is 5.91 Å². The van der Waals surface area contributed by atoms with Gasteiger partial charge in [0.1, 0.15) is 11.8 Å². The zero-order valence-corrected chi connectivity index (χ0v) is 14.0. The summed E-state index contributed by atoms with van der Waals surface area (Å²) in [6.45, 7) is 5.70. The number of rotatable bonds is 5. The molecule has 2 aromatic carbocycles. The maximum atomic E-state index is 11.8. The summed E-state index contributed by atoms with van der Waals surface area (Å²) in [6.07, 6.45) is 0. The molecule has 0 saturated heterocycles. The van der Waals surface area contributed by atoms with Crippen molar-refractivity contribution in [1.29, 1.82) is 5.26 Å². The summed E-state index contributed by atoms with van der Waals surface area (Å²) in [5.74, 6) is -0.00376. The number of benzene rings is 2. The van der Waals surface area contributed by atoms with Gasteiger partial charge in [0.05, 0.1) is 11.3 Å². The van der Waals surface area contributed by atoms with E-state index in [1.54, 1.807) is 24.3 Å². The second-order valence-electron chi connectivity index (χ2n) is 5.43. The van der Waals surface area contributed by atoms with Crippen LogP contribution in [0, 0.1) is 25.2 Å². The van der Waals surface area contributed by atoms with Gasteiger partial charge in [-0.05, 0) is 55.7 Å². The molecule has 5 heteroatoms. The highest BCUT2D eigenvalue weighted by molar-refractivity contribution is 5.99. The number of hydrazone groups is 1. The first-order chi connectivity index (χ1) is 11.5. The van der Waals surface area contributed by atoms with E-state index in [0.717, 1.165) is 5.56 Å². The molecule has 0 fully saturated rings. The zero-order chi connectivity index (χ0) is 17.5. The molecule has 0 aromatic heterocycles. The van der Waals surface area contributed by atoms with Crippen LogP contribution in [0.1, 0.15) is 29.2 Å². The predicted molar refractivity (Wildman–Crippen MR) is 92.9 cm³/mol. The van der Waals surface area contributed by atoms with Crippen LogP contribution in [0.25, 0.3) is 0 Å². The predicted octanol–water partition coefficient (Wildman–Crippen LogP) is 3.09. The van der Waals surface area contributed by atoms with Crippen LogP contribution >= 0.6 is 0 Å². The first-order valence-corrected chi connectivity index (χ1v) is 7.54. The van der Waals surface area contributed by atoms with Crippen molar-refractivity contribution in [3.63, 3.8) is 0 Å². The summed E-state index contributed by atoms with van der Waals surface area (Å²) in [5.41, 5.74) is 6.90. The second-order valence-corrected chi connectivity index (χ2v) is 5.43. The molecule has 1 N–H and O–H groups in total. The minimum Gasteiger partial charge on any atom is -0.482 e. The lowest BCUT2D eigenvalue weighted by Crippen LogP contribution is -2.25. The van der Waals surface area contributed by atoms with Crippen LogP contribution in [-0.4, -0.2) is 18.2 Å². The third-order valence-corrected chi connectivity index (χ3v) is 3.64. The van der Waals surface area contributed by atoms with Crippen molar-refractivity contribution in [2.75, 3.05) is 6.61 Å². The third kappa shape index (κ3) is 4.43. The molecule has 0 unspecified atom stereocenters. The number of carbonyl (C=O) groups is 1. The van der Waals surface area contributed by atoms with Crippen LogP contribution < -0.4 is 10.2 Å². The second kappa shape index (κ2) is 7.93. The standard InChI is InChI=1S/C19H19N3O2/c1-13-8-9-16(10-14(13)2)15(3)21-22-19(23)12-24-18-7-5-4-6-17(18)11-20/h4-10H,12H2,1-3H3,(H,22,23)/b21-15-. The van der Waals surface area contributed by atoms with Crippen molar-refractivity contribution in [2.45, 2.75) is 20.8 Å². The van der Waals surface area contributed by atoms with Crippen molar-refractivity contribution >= 4 is 11.6 Å². The number of nitrogens with one attached hydrogen (secondary N) is 1. The van der Waals surface area contributed by atoms with Gasteiger partial charge in [-0.3, -0.25) is 4.79 Å². The van der Waals surface area contributed by atoms with E-state index in [-0.39, 0.29) is 12.5 Å². The van der Waals surface area contributed by atoms with Gasteiger partial charge in [-0.2, -0.15) is 10.4 Å². The Kier molecular flexibility index (Phi) is 5.69. The molecule has 0 spiro atoms. The molecule has 5 nitrogen and oxygen atoms in total. The molecule has 0 aliphatic heterocycles. The average molecular weight is 321 g/mol. The number of hydrogen-bond donors (Lipinski definition) is 1. The minimum atomic E-state index is -0.383. The van der Waals surface area contributed by atoms with Gasteiger partial charge in [-0.1, -0.05) is 24.3 Å². The molecule has 122 valence electrons. The first-order valence-electron chi connectivity index (χ1n) is 7.54. The molecule has 0 radical (unpaired) electrons. The Hall–Kier alpha value is -3.13. The summed E-state index contributed by atoms with van der Waals surface area (Å²) in [7, 11) is 0. The molecule has 0 bridgehead atoms. The van der Waals surface area contributed by atoms with Crippen LogP contribution in [0.5, 0.6) is 5.75 Å². The molecule has 2 aromatic rings. The van der Waals surface area contributed by atoms with Crippen molar-refractivity contribution in [3.8, 4) is 11.8 Å². The van der Waals surface area contributed by atoms with Crippen molar-refractivity contribution in [2.24, 2.45) is 5.10 Å². The fraction of sp³-hybridized carbons (Fsp3) is 0.211. The van der Waals surface area contributed by atoms with E-state index >= 15 is 0 Å². The Morgan fingerprint density at radius 1 is 1.21 bits per heavy atom. The van der Waals surface area contributed by atoms with E-state index in [1.165, 1.54) is 11.1 Å². The van der Waals surface area contributed by atoms with Crippen LogP contribution in [-0.2, 0) is 4.79 Å². The van der Waals surface area contributed by atoms with Gasteiger partial charge >= 0.3 is 0 Å². The topological polar surface area (TPSA) is 74.5 Å². The van der Waals surface area contributed by atoms with Crippen LogP contribution in [0.15, 0.2) is 47.6 Å². The Balaban J connectivity index is 1.94. The van der Waals surface area contributed by atoms with E-state index in [9.17, 15) is 4.79 Å². The molecule has 0 aliphatic rings. The number of para-hydroxylation sites is 1. The highest BCUT2D eigenvalue weighted by atomic mass is 16.5. The fourth-order valence-corrected chi connectivity index (χ4v) is 2.04. The molecule has 1 amide bonds. The Morgan fingerprint density at radius 2 is 1.96 bits per heavy atom. The molecule has 0 atom stereocenters. The molecule has 0 saturated carbocycles. The Bertz CT molecular complexity index is 820. The number of aryl methyl sites for hydroxylation is 2. The maximum Gasteiger partial charge on any atom is 0.277 e. The van der Waals surface area contributed by atoms with Gasteiger partial charge < -0.3 is 4.74 Å². The number of nitrogens with zero attached hydrogens (tertiary/aromatic N) is 2. The Morgan fingerprint density at radius 3 is 2.67 bits per heavy atom. The summed E-state index contributed by atoms with van der Waals surface area (Å²) >= 11 is 0. The lowest BCUT2D eigenvalue weighted by molar-refractivity contribution is -0.123. The van der Waals surface area contributed by atoms with Gasteiger partial charge in [-0.15, -0.1) is 0 Å². The van der Waals surface area contributed by atoms with E-state index < -0.39 is 0 Å². The van der Waals surface area contributed by atoms with E-state index in [2.05, 4.69) is 10.5 Å². The number of carbonyl (C=O) groups excluding carboxylic acids is 1. The summed E-state index contributed by atoms with van der Waals surface area (Å²) < 4.78 is 5.36. The van der Waals surface area contributed by atoms with Crippen molar-refractivity contribution in [3.05, 3.63) is 64.7 Å². The number of hydrogen-bond acceptors (Lipinski definition) is 4. The smallest absolute Gasteiger partial charge is 0.277 e. The Labute approximate surface area is 141 Å². The number of ether oxygens (including phenoxy) is 1. The monoisotopic (exact) mass is 321 g/mol. The molecule has 2 rings (SSSR count). The molecular weight excluding hydrogens is 302 g/mol. The number of nitriles is 1. The third-order valence-electron chi connectivity index (χ3n) is 3.64.